The average Bonchev–Trinajstić information content (AvgIpc) is 2.96. The molecular formula is C15H23NO3. The molecule has 4 nitrogen and oxygen atoms in total. The number of aliphatic hydroxyl groups excluding tert-OH is 1. The van der Waals surface area contributed by atoms with Crippen LogP contribution >= 0.6 is 0 Å². The molecule has 2 unspecified atom stereocenters. The van der Waals surface area contributed by atoms with Gasteiger partial charge in [0.2, 0.25) is 0 Å². The fourth-order valence-corrected chi connectivity index (χ4v) is 2.30. The molecule has 0 radical (unpaired) electrons. The molecule has 1 saturated heterocycles. The number of hydrogen-bond donors (Lipinski definition) is 2. The van der Waals surface area contributed by atoms with Crippen molar-refractivity contribution in [2.75, 3.05) is 33.4 Å². The maximum atomic E-state index is 10.0. The van der Waals surface area contributed by atoms with Crippen molar-refractivity contribution in [3.63, 3.8) is 0 Å². The predicted molar refractivity (Wildman–Crippen MR) is 74.4 cm³/mol. The van der Waals surface area contributed by atoms with Crippen LogP contribution in [-0.2, 0) is 4.74 Å². The van der Waals surface area contributed by atoms with Crippen molar-refractivity contribution < 1.29 is 14.6 Å². The highest BCUT2D eigenvalue weighted by atomic mass is 16.5. The molecule has 0 aromatic heterocycles. The first-order valence-corrected chi connectivity index (χ1v) is 6.90. The number of ether oxygens (including phenoxy) is 2. The van der Waals surface area contributed by atoms with Gasteiger partial charge in [0.1, 0.15) is 5.75 Å². The van der Waals surface area contributed by atoms with Crippen molar-refractivity contribution in [2.45, 2.75) is 18.9 Å². The van der Waals surface area contributed by atoms with E-state index >= 15 is 0 Å². The number of rotatable bonds is 7. The molecule has 0 saturated carbocycles. The minimum atomic E-state index is -0.467. The largest absolute Gasteiger partial charge is 0.497 e. The normalized spacial score (nSPS) is 20.4. The van der Waals surface area contributed by atoms with E-state index < -0.39 is 6.10 Å². The number of aliphatic hydroxyl groups is 1. The lowest BCUT2D eigenvalue weighted by Crippen LogP contribution is -2.24. The van der Waals surface area contributed by atoms with Crippen LogP contribution in [0.2, 0.25) is 0 Å². The molecule has 4 heteroatoms. The van der Waals surface area contributed by atoms with E-state index in [1.807, 2.05) is 24.3 Å². The Labute approximate surface area is 114 Å². The Kier molecular flexibility index (Phi) is 5.63. The van der Waals surface area contributed by atoms with Crippen molar-refractivity contribution >= 4 is 0 Å². The molecule has 2 atom stereocenters. The van der Waals surface area contributed by atoms with Crippen LogP contribution in [0.3, 0.4) is 0 Å². The second-order valence-electron chi connectivity index (χ2n) is 5.01. The summed E-state index contributed by atoms with van der Waals surface area (Å²) in [5.41, 5.74) is 0.914. The molecule has 0 spiro atoms. The summed E-state index contributed by atoms with van der Waals surface area (Å²) in [6.07, 6.45) is 1.82. The van der Waals surface area contributed by atoms with Gasteiger partial charge in [-0.1, -0.05) is 12.1 Å². The molecule has 1 heterocycles. The highest BCUT2D eigenvalue weighted by Gasteiger charge is 2.15. The van der Waals surface area contributed by atoms with E-state index in [4.69, 9.17) is 9.47 Å². The summed E-state index contributed by atoms with van der Waals surface area (Å²) in [6.45, 7) is 3.31. The third kappa shape index (κ3) is 4.49. The Morgan fingerprint density at radius 1 is 1.42 bits per heavy atom. The summed E-state index contributed by atoms with van der Waals surface area (Å²) in [5.74, 6) is 1.50. The number of methoxy groups -OCH3 is 1. The summed E-state index contributed by atoms with van der Waals surface area (Å²) >= 11 is 0. The molecular weight excluding hydrogens is 242 g/mol. The highest BCUT2D eigenvalue weighted by molar-refractivity contribution is 5.28. The third-order valence-corrected chi connectivity index (χ3v) is 3.59. The Morgan fingerprint density at radius 3 is 2.84 bits per heavy atom. The van der Waals surface area contributed by atoms with E-state index in [0.717, 1.165) is 37.5 Å². The Morgan fingerprint density at radius 2 is 2.21 bits per heavy atom. The van der Waals surface area contributed by atoms with Crippen LogP contribution in [0.4, 0.5) is 0 Å². The van der Waals surface area contributed by atoms with Gasteiger partial charge >= 0.3 is 0 Å². The predicted octanol–water partition coefficient (Wildman–Crippen LogP) is 1.74. The molecule has 2 N–H and O–H groups in total. The van der Waals surface area contributed by atoms with Crippen LogP contribution in [0.25, 0.3) is 0 Å². The van der Waals surface area contributed by atoms with E-state index in [1.165, 1.54) is 6.42 Å². The lowest BCUT2D eigenvalue weighted by Gasteiger charge is -2.14. The van der Waals surface area contributed by atoms with Gasteiger partial charge in [0, 0.05) is 19.8 Å². The SMILES string of the molecule is COc1ccc(C(O)CNCCC2CCOC2)cc1. The van der Waals surface area contributed by atoms with Crippen molar-refractivity contribution in [3.05, 3.63) is 29.8 Å². The lowest BCUT2D eigenvalue weighted by atomic mass is 10.1. The van der Waals surface area contributed by atoms with Crippen molar-refractivity contribution in [1.82, 2.24) is 5.32 Å². The summed E-state index contributed by atoms with van der Waals surface area (Å²) in [6, 6.07) is 7.54. The van der Waals surface area contributed by atoms with Gasteiger partial charge in [0.15, 0.2) is 0 Å². The Hall–Kier alpha value is -1.10. The van der Waals surface area contributed by atoms with Crippen LogP contribution < -0.4 is 10.1 Å². The summed E-state index contributed by atoms with van der Waals surface area (Å²) in [4.78, 5) is 0. The summed E-state index contributed by atoms with van der Waals surface area (Å²) in [7, 11) is 1.64. The quantitative estimate of drug-likeness (QED) is 0.737. The van der Waals surface area contributed by atoms with E-state index in [-0.39, 0.29) is 0 Å². The zero-order valence-electron chi connectivity index (χ0n) is 11.5. The van der Waals surface area contributed by atoms with Crippen LogP contribution in [0.5, 0.6) is 5.75 Å². The molecule has 0 aliphatic carbocycles. The van der Waals surface area contributed by atoms with E-state index in [2.05, 4.69) is 5.32 Å². The van der Waals surface area contributed by atoms with E-state index in [1.54, 1.807) is 7.11 Å². The molecule has 1 aromatic rings. The smallest absolute Gasteiger partial charge is 0.118 e. The van der Waals surface area contributed by atoms with Crippen LogP contribution in [-0.4, -0.2) is 38.5 Å². The van der Waals surface area contributed by atoms with Crippen molar-refractivity contribution in [2.24, 2.45) is 5.92 Å². The van der Waals surface area contributed by atoms with Gasteiger partial charge in [-0.15, -0.1) is 0 Å². The first kappa shape index (κ1) is 14.3. The van der Waals surface area contributed by atoms with Crippen molar-refractivity contribution in [1.29, 1.82) is 0 Å². The topological polar surface area (TPSA) is 50.7 Å². The standard InChI is InChI=1S/C15H23NO3/c1-18-14-4-2-13(3-5-14)15(17)10-16-8-6-12-7-9-19-11-12/h2-5,12,15-17H,6-11H2,1H3. The van der Waals surface area contributed by atoms with Gasteiger partial charge in [-0.25, -0.2) is 0 Å². The van der Waals surface area contributed by atoms with Gasteiger partial charge in [-0.3, -0.25) is 0 Å². The fourth-order valence-electron chi connectivity index (χ4n) is 2.30. The first-order valence-electron chi connectivity index (χ1n) is 6.90. The Bertz CT molecular complexity index is 360. The number of nitrogens with one attached hydrogen (secondary N) is 1. The second kappa shape index (κ2) is 7.48. The van der Waals surface area contributed by atoms with Crippen LogP contribution in [0.15, 0.2) is 24.3 Å². The lowest BCUT2D eigenvalue weighted by molar-refractivity contribution is 0.171. The zero-order chi connectivity index (χ0) is 13.5. The zero-order valence-corrected chi connectivity index (χ0v) is 11.5. The summed E-state index contributed by atoms with van der Waals surface area (Å²) < 4.78 is 10.4. The van der Waals surface area contributed by atoms with Gasteiger partial charge in [0.05, 0.1) is 13.2 Å². The maximum Gasteiger partial charge on any atom is 0.118 e. The van der Waals surface area contributed by atoms with Crippen molar-refractivity contribution in [3.8, 4) is 5.75 Å². The van der Waals surface area contributed by atoms with Crippen LogP contribution in [0, 0.1) is 5.92 Å². The molecule has 2 rings (SSSR count). The Balaban J connectivity index is 1.66. The molecule has 19 heavy (non-hydrogen) atoms. The summed E-state index contributed by atoms with van der Waals surface area (Å²) in [5, 5.41) is 13.4. The van der Waals surface area contributed by atoms with Gasteiger partial charge in [-0.2, -0.15) is 0 Å². The molecule has 1 aliphatic heterocycles. The number of hydrogen-bond acceptors (Lipinski definition) is 4. The maximum absolute atomic E-state index is 10.0. The highest BCUT2D eigenvalue weighted by Crippen LogP contribution is 2.18. The minimum absolute atomic E-state index is 0.467. The number of benzene rings is 1. The third-order valence-electron chi connectivity index (χ3n) is 3.59. The van der Waals surface area contributed by atoms with E-state index in [9.17, 15) is 5.11 Å². The monoisotopic (exact) mass is 265 g/mol. The van der Waals surface area contributed by atoms with E-state index in [0.29, 0.717) is 12.5 Å². The molecule has 0 amide bonds. The molecule has 1 aromatic carbocycles. The van der Waals surface area contributed by atoms with Gasteiger partial charge in [0.25, 0.3) is 0 Å². The first-order chi connectivity index (χ1) is 9.29. The van der Waals surface area contributed by atoms with Gasteiger partial charge in [-0.05, 0) is 43.0 Å². The second-order valence-corrected chi connectivity index (χ2v) is 5.01. The molecule has 0 bridgehead atoms. The molecule has 1 aliphatic rings. The van der Waals surface area contributed by atoms with Gasteiger partial charge < -0.3 is 19.9 Å². The fraction of sp³-hybridized carbons (Fsp3) is 0.600. The van der Waals surface area contributed by atoms with Crippen LogP contribution in [0.1, 0.15) is 24.5 Å². The molecule has 1 fully saturated rings. The molecule has 106 valence electrons. The minimum Gasteiger partial charge on any atom is -0.497 e. The average molecular weight is 265 g/mol.